The van der Waals surface area contributed by atoms with Gasteiger partial charge in [0.25, 0.3) is 0 Å². The number of carbonyl (C=O) groups excluding carboxylic acids is 4. The van der Waals surface area contributed by atoms with Crippen molar-refractivity contribution in [1.82, 2.24) is 20.9 Å². The maximum atomic E-state index is 13.6. The zero-order valence-corrected chi connectivity index (χ0v) is 21.0. The zero-order valence-electron chi connectivity index (χ0n) is 21.0. The molecule has 9 heteroatoms. The van der Waals surface area contributed by atoms with Crippen molar-refractivity contribution in [3.8, 4) is 0 Å². The molecule has 0 spiro atoms. The number of hydrogen-bond acceptors (Lipinski definition) is 5. The Balaban J connectivity index is 1.59. The van der Waals surface area contributed by atoms with Crippen molar-refractivity contribution in [2.24, 2.45) is 0 Å². The molecule has 0 bridgehead atoms. The van der Waals surface area contributed by atoms with Crippen molar-refractivity contribution in [1.29, 1.82) is 0 Å². The summed E-state index contributed by atoms with van der Waals surface area (Å²) in [6.45, 7) is 3.78. The fourth-order valence-electron chi connectivity index (χ4n) is 4.41. The smallest absolute Gasteiger partial charge is 0.243 e. The summed E-state index contributed by atoms with van der Waals surface area (Å²) < 4.78 is 5.37. The summed E-state index contributed by atoms with van der Waals surface area (Å²) in [6, 6.07) is 14.5. The molecular formula is C28H32N4O5. The van der Waals surface area contributed by atoms with E-state index >= 15 is 0 Å². The number of benzene rings is 2. The van der Waals surface area contributed by atoms with Crippen molar-refractivity contribution < 1.29 is 23.9 Å². The predicted octanol–water partition coefficient (Wildman–Crippen LogP) is 1.81. The fourth-order valence-corrected chi connectivity index (χ4v) is 4.41. The molecule has 1 aliphatic heterocycles. The number of ketones is 1. The van der Waals surface area contributed by atoms with E-state index in [0.29, 0.717) is 25.9 Å². The van der Waals surface area contributed by atoms with Crippen molar-refractivity contribution in [3.05, 3.63) is 71.9 Å². The first-order chi connectivity index (χ1) is 17.8. The second kappa shape index (κ2) is 11.4. The summed E-state index contributed by atoms with van der Waals surface area (Å²) >= 11 is 0. The van der Waals surface area contributed by atoms with Gasteiger partial charge in [0.1, 0.15) is 17.7 Å². The topological polar surface area (TPSA) is 133 Å². The summed E-state index contributed by atoms with van der Waals surface area (Å²) in [5.74, 6) is -1.17. The van der Waals surface area contributed by atoms with Gasteiger partial charge in [0, 0.05) is 23.5 Å². The highest BCUT2D eigenvalue weighted by Gasteiger charge is 2.50. The molecule has 1 aliphatic rings. The number of ether oxygens (including phenoxy) is 1. The number of H-pyrrole nitrogens is 1. The van der Waals surface area contributed by atoms with Crippen molar-refractivity contribution in [2.45, 2.75) is 56.8 Å². The van der Waals surface area contributed by atoms with Crippen LogP contribution < -0.4 is 16.0 Å². The summed E-state index contributed by atoms with van der Waals surface area (Å²) in [4.78, 5) is 54.0. The number of amides is 3. The lowest BCUT2D eigenvalue weighted by Gasteiger charge is -2.25. The van der Waals surface area contributed by atoms with Gasteiger partial charge in [0.2, 0.25) is 18.2 Å². The quantitative estimate of drug-likeness (QED) is 0.208. The minimum atomic E-state index is -0.979. The van der Waals surface area contributed by atoms with Crippen LogP contribution in [-0.2, 0) is 36.8 Å². The van der Waals surface area contributed by atoms with Crippen LogP contribution >= 0.6 is 0 Å². The molecule has 0 unspecified atom stereocenters. The lowest BCUT2D eigenvalue weighted by molar-refractivity contribution is -0.133. The van der Waals surface area contributed by atoms with E-state index in [1.807, 2.05) is 60.8 Å². The summed E-state index contributed by atoms with van der Waals surface area (Å²) in [5.41, 5.74) is 1.72. The third-order valence-corrected chi connectivity index (χ3v) is 6.74. The van der Waals surface area contributed by atoms with Crippen molar-refractivity contribution in [2.75, 3.05) is 6.61 Å². The van der Waals surface area contributed by atoms with Crippen LogP contribution in [0.3, 0.4) is 0 Å². The van der Waals surface area contributed by atoms with Gasteiger partial charge in [0.05, 0.1) is 12.6 Å². The molecular weight excluding hydrogens is 472 g/mol. The van der Waals surface area contributed by atoms with Gasteiger partial charge in [-0.05, 0) is 37.0 Å². The summed E-state index contributed by atoms with van der Waals surface area (Å²) in [5, 5.41) is 9.09. The summed E-state index contributed by atoms with van der Waals surface area (Å²) in [7, 11) is 0. The molecule has 3 aromatic rings. The summed E-state index contributed by atoms with van der Waals surface area (Å²) in [6.07, 6.45) is 3.12. The van der Waals surface area contributed by atoms with E-state index < -0.39 is 35.5 Å². The minimum Gasteiger partial charge on any atom is -0.361 e. The van der Waals surface area contributed by atoms with Crippen LogP contribution in [0.5, 0.6) is 0 Å². The Hall–Kier alpha value is -3.98. The fraction of sp³-hybridized carbons (Fsp3) is 0.357. The Labute approximate surface area is 215 Å². The van der Waals surface area contributed by atoms with Crippen LogP contribution in [0.2, 0.25) is 0 Å². The van der Waals surface area contributed by atoms with Crippen molar-refractivity contribution >= 4 is 34.9 Å². The van der Waals surface area contributed by atoms with Crippen LogP contribution in [0, 0.1) is 0 Å². The first-order valence-corrected chi connectivity index (χ1v) is 12.4. The van der Waals surface area contributed by atoms with Gasteiger partial charge in [-0.15, -0.1) is 0 Å². The van der Waals surface area contributed by atoms with Gasteiger partial charge in [-0.1, -0.05) is 55.5 Å². The van der Waals surface area contributed by atoms with Crippen LogP contribution in [0.1, 0.15) is 31.4 Å². The number of hydrogen-bond donors (Lipinski definition) is 4. The predicted molar refractivity (Wildman–Crippen MR) is 139 cm³/mol. The molecule has 4 rings (SSSR count). The Morgan fingerprint density at radius 2 is 1.62 bits per heavy atom. The Bertz CT molecular complexity index is 1270. The van der Waals surface area contributed by atoms with Crippen LogP contribution in [0.4, 0.5) is 0 Å². The number of Topliss-reactive ketones (excluding diaryl/α,β-unsaturated/α-hetero) is 1. The Morgan fingerprint density at radius 1 is 0.973 bits per heavy atom. The lowest BCUT2D eigenvalue weighted by atomic mass is 9.94. The van der Waals surface area contributed by atoms with Crippen LogP contribution in [0.15, 0.2) is 60.8 Å². The molecule has 1 saturated heterocycles. The molecule has 4 atom stereocenters. The molecule has 0 saturated carbocycles. The van der Waals surface area contributed by atoms with Gasteiger partial charge in [-0.3, -0.25) is 19.2 Å². The Morgan fingerprint density at radius 3 is 2.30 bits per heavy atom. The number of aromatic amines is 1. The highest BCUT2D eigenvalue weighted by molar-refractivity contribution is 5.98. The number of carbonyl (C=O) groups is 4. The van der Waals surface area contributed by atoms with E-state index in [2.05, 4.69) is 20.9 Å². The average molecular weight is 505 g/mol. The highest BCUT2D eigenvalue weighted by atomic mass is 16.6. The Kier molecular flexibility index (Phi) is 8.03. The molecule has 1 fully saturated rings. The molecule has 1 aromatic heterocycles. The number of para-hydroxylation sites is 1. The van der Waals surface area contributed by atoms with E-state index in [4.69, 9.17) is 4.74 Å². The molecule has 194 valence electrons. The number of nitrogens with one attached hydrogen (secondary N) is 4. The molecule has 37 heavy (non-hydrogen) atoms. The third kappa shape index (κ3) is 6.24. The number of aromatic nitrogens is 1. The first kappa shape index (κ1) is 26.1. The van der Waals surface area contributed by atoms with E-state index in [9.17, 15) is 19.2 Å². The zero-order chi connectivity index (χ0) is 26.4. The molecule has 0 aliphatic carbocycles. The monoisotopic (exact) mass is 504 g/mol. The van der Waals surface area contributed by atoms with Crippen LogP contribution in [0.25, 0.3) is 10.9 Å². The third-order valence-electron chi connectivity index (χ3n) is 6.74. The molecule has 2 aromatic carbocycles. The normalized spacial score (nSPS) is 18.9. The second-order valence-corrected chi connectivity index (χ2v) is 9.50. The molecule has 0 radical (unpaired) electrons. The van der Waals surface area contributed by atoms with Gasteiger partial charge in [-0.2, -0.15) is 0 Å². The van der Waals surface area contributed by atoms with E-state index in [-0.39, 0.29) is 12.2 Å². The number of fused-ring (bicyclic) bond motifs is 1. The average Bonchev–Trinajstić information content (AvgIpc) is 3.54. The van der Waals surface area contributed by atoms with Gasteiger partial charge >= 0.3 is 0 Å². The van der Waals surface area contributed by atoms with E-state index in [1.54, 1.807) is 13.8 Å². The highest BCUT2D eigenvalue weighted by Crippen LogP contribution is 2.29. The molecule has 4 N–H and O–H groups in total. The second-order valence-electron chi connectivity index (χ2n) is 9.50. The van der Waals surface area contributed by atoms with E-state index in [0.717, 1.165) is 22.0 Å². The molecule has 2 heterocycles. The number of rotatable bonds is 13. The lowest BCUT2D eigenvalue weighted by Crippen LogP contribution is -2.57. The largest absolute Gasteiger partial charge is 0.361 e. The molecule has 3 amide bonds. The minimum absolute atomic E-state index is 0.194. The van der Waals surface area contributed by atoms with Crippen molar-refractivity contribution in [3.63, 3.8) is 0 Å². The SMILES string of the molecule is CC[C@@H](NC=O)C(=O)N[C@@H](Cc1c[nH]c2ccccc12)C(=O)N[C@@H](Cc1ccccc1)C(=O)[C@@]1(C)CO1. The first-order valence-electron chi connectivity index (χ1n) is 12.4. The number of epoxide rings is 1. The molecule has 9 nitrogen and oxygen atoms in total. The maximum absolute atomic E-state index is 13.6. The van der Waals surface area contributed by atoms with Gasteiger partial charge in [-0.25, -0.2) is 0 Å². The van der Waals surface area contributed by atoms with E-state index in [1.165, 1.54) is 0 Å². The van der Waals surface area contributed by atoms with Gasteiger partial charge in [0.15, 0.2) is 5.78 Å². The standard InChI is InChI=1S/C28H32N4O5/c1-3-21(30-17-33)26(35)32-24(14-19-15-29-22-12-8-7-11-20(19)22)27(36)31-23(25(34)28(2)16-37-28)13-18-9-5-4-6-10-18/h4-12,15,17,21,23-24,29H,3,13-14,16H2,1-2H3,(H,30,33)(H,31,36)(H,32,35)/t21-,23+,24+,28-/m1/s1. The van der Waals surface area contributed by atoms with Gasteiger partial charge < -0.3 is 25.7 Å². The maximum Gasteiger partial charge on any atom is 0.243 e. The van der Waals surface area contributed by atoms with Crippen LogP contribution in [-0.4, -0.2) is 59.3 Å².